The molecule has 2 unspecified atom stereocenters. The van der Waals surface area contributed by atoms with Crippen LogP contribution in [0.3, 0.4) is 0 Å². The van der Waals surface area contributed by atoms with Crippen molar-refractivity contribution in [3.05, 3.63) is 12.2 Å². The van der Waals surface area contributed by atoms with E-state index in [-0.39, 0.29) is 6.04 Å². The molecular formula is C10H20N6S. The van der Waals surface area contributed by atoms with E-state index in [4.69, 9.17) is 5.84 Å². The first kappa shape index (κ1) is 12.8. The van der Waals surface area contributed by atoms with E-state index >= 15 is 0 Å². The Morgan fingerprint density at radius 3 is 3.06 bits per heavy atom. The molecule has 1 saturated heterocycles. The number of hydrogen-bond donors (Lipinski definition) is 2. The minimum absolute atomic E-state index is 0.218. The van der Waals surface area contributed by atoms with Gasteiger partial charge in [0.1, 0.15) is 12.2 Å². The van der Waals surface area contributed by atoms with Gasteiger partial charge in [0.2, 0.25) is 0 Å². The van der Waals surface area contributed by atoms with E-state index in [9.17, 15) is 0 Å². The summed E-state index contributed by atoms with van der Waals surface area (Å²) in [5, 5.41) is 4.09. The Morgan fingerprint density at radius 1 is 1.65 bits per heavy atom. The highest BCUT2D eigenvalue weighted by Crippen LogP contribution is 2.18. The van der Waals surface area contributed by atoms with Gasteiger partial charge in [-0.1, -0.05) is 0 Å². The highest BCUT2D eigenvalue weighted by atomic mass is 32.2. The molecule has 6 nitrogen and oxygen atoms in total. The van der Waals surface area contributed by atoms with Crippen molar-refractivity contribution >= 4 is 11.8 Å². The van der Waals surface area contributed by atoms with Crippen LogP contribution in [0.2, 0.25) is 0 Å². The number of hydrogen-bond acceptors (Lipinski definition) is 6. The van der Waals surface area contributed by atoms with Crippen molar-refractivity contribution in [2.75, 3.05) is 25.1 Å². The van der Waals surface area contributed by atoms with Crippen LogP contribution >= 0.6 is 11.8 Å². The molecule has 0 amide bonds. The Kier molecular flexibility index (Phi) is 4.38. The molecule has 7 heteroatoms. The molecule has 0 saturated carbocycles. The summed E-state index contributed by atoms with van der Waals surface area (Å²) >= 11 is 1.99. The number of nitrogens with zero attached hydrogens (tertiary/aromatic N) is 4. The normalized spacial score (nSPS) is 23.8. The number of nitrogens with one attached hydrogen (secondary N) is 1. The van der Waals surface area contributed by atoms with Gasteiger partial charge in [-0.05, 0) is 7.05 Å². The maximum absolute atomic E-state index is 5.69. The number of nitrogens with two attached hydrogens (primary N) is 1. The Balaban J connectivity index is 2.03. The second-order valence-corrected chi connectivity index (χ2v) is 5.55. The molecule has 1 aromatic heterocycles. The lowest BCUT2D eigenvalue weighted by molar-refractivity contribution is 0.212. The molecule has 2 heterocycles. The van der Waals surface area contributed by atoms with Crippen LogP contribution in [-0.2, 0) is 13.5 Å². The van der Waals surface area contributed by atoms with Crippen LogP contribution in [0.15, 0.2) is 6.33 Å². The lowest BCUT2D eigenvalue weighted by Crippen LogP contribution is -2.55. The number of aromatic nitrogens is 3. The zero-order valence-electron chi connectivity index (χ0n) is 10.3. The van der Waals surface area contributed by atoms with Gasteiger partial charge >= 0.3 is 0 Å². The van der Waals surface area contributed by atoms with E-state index in [1.165, 1.54) is 5.75 Å². The smallest absolute Gasteiger partial charge is 0.138 e. The second kappa shape index (κ2) is 5.81. The SMILES string of the molecule is CN1CCSCC1C(Cc1ncnn1C)NN. The third kappa shape index (κ3) is 2.98. The average molecular weight is 256 g/mol. The van der Waals surface area contributed by atoms with Crippen molar-refractivity contribution in [1.29, 1.82) is 0 Å². The average Bonchev–Trinajstić information content (AvgIpc) is 2.73. The fourth-order valence-electron chi connectivity index (χ4n) is 2.14. The summed E-state index contributed by atoms with van der Waals surface area (Å²) in [6.45, 7) is 1.12. The van der Waals surface area contributed by atoms with E-state index in [1.54, 1.807) is 11.0 Å². The molecule has 17 heavy (non-hydrogen) atoms. The van der Waals surface area contributed by atoms with Gasteiger partial charge in [0, 0.05) is 43.6 Å². The summed E-state index contributed by atoms with van der Waals surface area (Å²) in [7, 11) is 4.07. The quantitative estimate of drug-likeness (QED) is 0.545. The largest absolute Gasteiger partial charge is 0.300 e. The zero-order chi connectivity index (χ0) is 12.3. The molecule has 0 bridgehead atoms. The Morgan fingerprint density at radius 2 is 2.47 bits per heavy atom. The summed E-state index contributed by atoms with van der Waals surface area (Å²) in [4.78, 5) is 6.63. The Hall–Kier alpha value is -0.630. The fourth-order valence-corrected chi connectivity index (χ4v) is 3.45. The molecule has 1 aliphatic rings. The molecule has 0 aromatic carbocycles. The van der Waals surface area contributed by atoms with Crippen LogP contribution < -0.4 is 11.3 Å². The molecule has 1 aromatic rings. The predicted molar refractivity (Wildman–Crippen MR) is 69.6 cm³/mol. The van der Waals surface area contributed by atoms with Gasteiger partial charge in [0.25, 0.3) is 0 Å². The van der Waals surface area contributed by atoms with Gasteiger partial charge in [-0.25, -0.2) is 4.98 Å². The van der Waals surface area contributed by atoms with Crippen LogP contribution in [0.25, 0.3) is 0 Å². The molecule has 2 rings (SSSR count). The molecule has 3 N–H and O–H groups in total. The third-order valence-corrected chi connectivity index (χ3v) is 4.38. The maximum Gasteiger partial charge on any atom is 0.138 e. The second-order valence-electron chi connectivity index (χ2n) is 4.40. The van der Waals surface area contributed by atoms with Gasteiger partial charge < -0.3 is 4.90 Å². The van der Waals surface area contributed by atoms with Gasteiger partial charge in [0.15, 0.2) is 0 Å². The van der Waals surface area contributed by atoms with Gasteiger partial charge in [-0.15, -0.1) is 0 Å². The summed E-state index contributed by atoms with van der Waals surface area (Å²) in [5.41, 5.74) is 2.93. The van der Waals surface area contributed by atoms with Gasteiger partial charge in [-0.3, -0.25) is 16.0 Å². The molecule has 1 aliphatic heterocycles. The number of thioether (sulfide) groups is 1. The van der Waals surface area contributed by atoms with Gasteiger partial charge in [0.05, 0.1) is 0 Å². The Bertz CT molecular complexity index is 354. The zero-order valence-corrected chi connectivity index (χ0v) is 11.2. The summed E-state index contributed by atoms with van der Waals surface area (Å²) < 4.78 is 1.81. The van der Waals surface area contributed by atoms with Crippen molar-refractivity contribution in [2.24, 2.45) is 12.9 Å². The number of aryl methyl sites for hydroxylation is 1. The molecular weight excluding hydrogens is 236 g/mol. The highest BCUT2D eigenvalue weighted by Gasteiger charge is 2.28. The van der Waals surface area contributed by atoms with E-state index in [0.717, 1.165) is 24.5 Å². The van der Waals surface area contributed by atoms with Crippen molar-refractivity contribution < 1.29 is 0 Å². The molecule has 2 atom stereocenters. The van der Waals surface area contributed by atoms with Crippen LogP contribution in [0.5, 0.6) is 0 Å². The van der Waals surface area contributed by atoms with Crippen molar-refractivity contribution in [3.8, 4) is 0 Å². The summed E-state index contributed by atoms with van der Waals surface area (Å²) in [5.74, 6) is 8.98. The van der Waals surface area contributed by atoms with Crippen LogP contribution in [0, 0.1) is 0 Å². The predicted octanol–water partition coefficient (Wildman–Crippen LogP) is -0.763. The van der Waals surface area contributed by atoms with E-state index in [1.807, 2.05) is 18.8 Å². The van der Waals surface area contributed by atoms with Crippen LogP contribution in [0.4, 0.5) is 0 Å². The molecule has 1 fully saturated rings. The Labute approximate surface area is 106 Å². The van der Waals surface area contributed by atoms with Crippen molar-refractivity contribution in [2.45, 2.75) is 18.5 Å². The third-order valence-electron chi connectivity index (χ3n) is 3.33. The minimum atomic E-state index is 0.218. The van der Waals surface area contributed by atoms with Crippen molar-refractivity contribution in [3.63, 3.8) is 0 Å². The van der Waals surface area contributed by atoms with Gasteiger partial charge in [-0.2, -0.15) is 16.9 Å². The number of hydrazine groups is 1. The van der Waals surface area contributed by atoms with Crippen LogP contribution in [0.1, 0.15) is 5.82 Å². The fraction of sp³-hybridized carbons (Fsp3) is 0.800. The topological polar surface area (TPSA) is 72.0 Å². The first-order valence-corrected chi connectivity index (χ1v) is 6.95. The van der Waals surface area contributed by atoms with E-state index < -0.39 is 0 Å². The molecule has 0 aliphatic carbocycles. The first-order valence-electron chi connectivity index (χ1n) is 5.79. The van der Waals surface area contributed by atoms with E-state index in [0.29, 0.717) is 6.04 Å². The maximum atomic E-state index is 5.69. The van der Waals surface area contributed by atoms with E-state index in [2.05, 4.69) is 27.5 Å². The lowest BCUT2D eigenvalue weighted by Gasteiger charge is -2.37. The molecule has 96 valence electrons. The first-order chi connectivity index (χ1) is 8.22. The summed E-state index contributed by atoms with van der Waals surface area (Å²) in [6.07, 6.45) is 2.39. The molecule has 0 radical (unpaired) electrons. The van der Waals surface area contributed by atoms with Crippen molar-refractivity contribution in [1.82, 2.24) is 25.1 Å². The summed E-state index contributed by atoms with van der Waals surface area (Å²) in [6, 6.07) is 0.672. The number of rotatable bonds is 4. The monoisotopic (exact) mass is 256 g/mol. The minimum Gasteiger partial charge on any atom is -0.300 e. The molecule has 0 spiro atoms. The number of likely N-dealkylation sites (N-methyl/N-ethyl adjacent to an activating group) is 1. The highest BCUT2D eigenvalue weighted by molar-refractivity contribution is 7.99. The van der Waals surface area contributed by atoms with Crippen LogP contribution in [-0.4, -0.2) is 56.8 Å². The lowest BCUT2D eigenvalue weighted by atomic mass is 10.1. The standard InChI is InChI=1S/C10H20N6S/c1-15-3-4-17-6-9(15)8(14-11)5-10-12-7-13-16(10)2/h7-9,14H,3-6,11H2,1-2H3.